The van der Waals surface area contributed by atoms with Gasteiger partial charge in [-0.1, -0.05) is 0 Å². The van der Waals surface area contributed by atoms with E-state index in [9.17, 15) is 4.39 Å². The summed E-state index contributed by atoms with van der Waals surface area (Å²) in [4.78, 5) is 0. The molecular formula is C6H11FN2. The number of nitriles is 1. The summed E-state index contributed by atoms with van der Waals surface area (Å²) in [6.45, 7) is 2.86. The van der Waals surface area contributed by atoms with Crippen molar-refractivity contribution >= 4 is 0 Å². The number of halogens is 1. The van der Waals surface area contributed by atoms with Crippen molar-refractivity contribution in [1.29, 1.82) is 5.26 Å². The standard InChI is InChI=1S/C4H8FN.C2H3N/c5-4-1-2-6-3-4;1-2-3/h4,6H,1-3H2;1H3/t4-;/m1./s1. The summed E-state index contributed by atoms with van der Waals surface area (Å²) in [5, 5.41) is 10.2. The van der Waals surface area contributed by atoms with Crippen LogP contribution in [0.3, 0.4) is 0 Å². The normalized spacial score (nSPS) is 23.9. The van der Waals surface area contributed by atoms with E-state index in [1.165, 1.54) is 6.92 Å². The fourth-order valence-electron chi connectivity index (χ4n) is 0.619. The van der Waals surface area contributed by atoms with Gasteiger partial charge in [-0.25, -0.2) is 4.39 Å². The van der Waals surface area contributed by atoms with Crippen molar-refractivity contribution in [3.05, 3.63) is 0 Å². The van der Waals surface area contributed by atoms with E-state index >= 15 is 0 Å². The van der Waals surface area contributed by atoms with Crippen LogP contribution in [0.15, 0.2) is 0 Å². The van der Waals surface area contributed by atoms with Crippen LogP contribution in [0.5, 0.6) is 0 Å². The SMILES string of the molecule is CC#N.F[C@@H]1CCNC1. The summed E-state index contributed by atoms with van der Waals surface area (Å²) in [6, 6.07) is 1.75. The Kier molecular flexibility index (Phi) is 5.14. The lowest BCUT2D eigenvalue weighted by atomic mass is 10.4. The van der Waals surface area contributed by atoms with E-state index in [0.717, 1.165) is 6.54 Å². The second-order valence-electron chi connectivity index (χ2n) is 1.81. The van der Waals surface area contributed by atoms with E-state index in [2.05, 4.69) is 5.32 Å². The Morgan fingerprint density at radius 3 is 2.44 bits per heavy atom. The molecule has 1 fully saturated rings. The van der Waals surface area contributed by atoms with Crippen LogP contribution in [-0.2, 0) is 0 Å². The first-order chi connectivity index (χ1) is 4.31. The topological polar surface area (TPSA) is 35.8 Å². The largest absolute Gasteiger partial charge is 0.314 e. The molecule has 0 unspecified atom stereocenters. The van der Waals surface area contributed by atoms with Crippen LogP contribution in [0.1, 0.15) is 13.3 Å². The molecule has 0 bridgehead atoms. The molecule has 1 atom stereocenters. The minimum absolute atomic E-state index is 0.565. The van der Waals surface area contributed by atoms with Gasteiger partial charge in [-0.3, -0.25) is 0 Å². The van der Waals surface area contributed by atoms with Crippen molar-refractivity contribution in [2.45, 2.75) is 19.5 Å². The van der Waals surface area contributed by atoms with Gasteiger partial charge < -0.3 is 5.32 Å². The highest BCUT2D eigenvalue weighted by Gasteiger charge is 2.10. The molecule has 1 N–H and O–H groups in total. The third-order valence-electron chi connectivity index (χ3n) is 1.00. The van der Waals surface area contributed by atoms with Crippen LogP contribution in [0.4, 0.5) is 4.39 Å². The van der Waals surface area contributed by atoms with Gasteiger partial charge in [0.2, 0.25) is 0 Å². The molecule has 1 rings (SSSR count). The zero-order chi connectivity index (χ0) is 7.11. The molecule has 1 aliphatic heterocycles. The van der Waals surface area contributed by atoms with Crippen molar-refractivity contribution in [1.82, 2.24) is 5.32 Å². The Balaban J connectivity index is 0.000000187. The highest BCUT2D eigenvalue weighted by Crippen LogP contribution is 1.99. The fraction of sp³-hybridized carbons (Fsp3) is 0.833. The highest BCUT2D eigenvalue weighted by atomic mass is 19.1. The molecule has 0 aromatic carbocycles. The Bertz CT molecular complexity index is 91.7. The number of hydrogen-bond donors (Lipinski definition) is 1. The first-order valence-corrected chi connectivity index (χ1v) is 2.97. The molecule has 1 saturated heterocycles. The molecule has 1 heterocycles. The Morgan fingerprint density at radius 2 is 2.33 bits per heavy atom. The van der Waals surface area contributed by atoms with Gasteiger partial charge in [-0.2, -0.15) is 5.26 Å². The van der Waals surface area contributed by atoms with Gasteiger partial charge in [0.25, 0.3) is 0 Å². The van der Waals surface area contributed by atoms with Crippen molar-refractivity contribution in [3.8, 4) is 6.07 Å². The van der Waals surface area contributed by atoms with E-state index < -0.39 is 6.17 Å². The summed E-state index contributed by atoms with van der Waals surface area (Å²) in [5.41, 5.74) is 0. The van der Waals surface area contributed by atoms with Crippen LogP contribution in [-0.4, -0.2) is 19.3 Å². The third-order valence-corrected chi connectivity index (χ3v) is 1.00. The monoisotopic (exact) mass is 130 g/mol. The number of nitrogens with one attached hydrogen (secondary N) is 1. The van der Waals surface area contributed by atoms with Crippen molar-refractivity contribution in [2.75, 3.05) is 13.1 Å². The third kappa shape index (κ3) is 5.25. The van der Waals surface area contributed by atoms with Gasteiger partial charge in [0, 0.05) is 13.5 Å². The van der Waals surface area contributed by atoms with Gasteiger partial charge >= 0.3 is 0 Å². The van der Waals surface area contributed by atoms with Crippen LogP contribution in [0.2, 0.25) is 0 Å². The molecule has 1 aliphatic rings. The lowest BCUT2D eigenvalue weighted by molar-refractivity contribution is 0.361. The number of rotatable bonds is 0. The Hall–Kier alpha value is -0.620. The molecule has 9 heavy (non-hydrogen) atoms. The number of hydrogen-bond acceptors (Lipinski definition) is 2. The van der Waals surface area contributed by atoms with Crippen LogP contribution < -0.4 is 5.32 Å². The molecule has 2 nitrogen and oxygen atoms in total. The highest BCUT2D eigenvalue weighted by molar-refractivity contribution is 4.68. The summed E-state index contributed by atoms with van der Waals surface area (Å²) >= 11 is 0. The maximum atomic E-state index is 11.9. The zero-order valence-electron chi connectivity index (χ0n) is 5.52. The maximum Gasteiger partial charge on any atom is 0.114 e. The van der Waals surface area contributed by atoms with E-state index in [1.807, 2.05) is 0 Å². The van der Waals surface area contributed by atoms with E-state index in [4.69, 9.17) is 5.26 Å². The van der Waals surface area contributed by atoms with Crippen molar-refractivity contribution in [3.63, 3.8) is 0 Å². The lowest BCUT2D eigenvalue weighted by Gasteiger charge is -1.86. The van der Waals surface area contributed by atoms with Crippen LogP contribution in [0.25, 0.3) is 0 Å². The first-order valence-electron chi connectivity index (χ1n) is 2.97. The Labute approximate surface area is 54.7 Å². The maximum absolute atomic E-state index is 11.9. The van der Waals surface area contributed by atoms with Gasteiger partial charge in [0.05, 0.1) is 6.07 Å². The van der Waals surface area contributed by atoms with Gasteiger partial charge in [-0.15, -0.1) is 0 Å². The van der Waals surface area contributed by atoms with E-state index in [-0.39, 0.29) is 0 Å². The molecule has 0 spiro atoms. The summed E-state index contributed by atoms with van der Waals surface area (Å²) in [5.74, 6) is 0. The molecule has 0 aromatic heterocycles. The summed E-state index contributed by atoms with van der Waals surface area (Å²) in [7, 11) is 0. The first kappa shape index (κ1) is 8.38. The molecule has 0 aromatic rings. The smallest absolute Gasteiger partial charge is 0.114 e. The predicted octanol–water partition coefficient (Wildman–Crippen LogP) is 0.848. The predicted molar refractivity (Wildman–Crippen MR) is 33.7 cm³/mol. The molecule has 0 radical (unpaired) electrons. The molecule has 0 aliphatic carbocycles. The second-order valence-corrected chi connectivity index (χ2v) is 1.81. The van der Waals surface area contributed by atoms with Crippen molar-refractivity contribution < 1.29 is 4.39 Å². The van der Waals surface area contributed by atoms with Gasteiger partial charge in [-0.05, 0) is 13.0 Å². The average molecular weight is 130 g/mol. The number of nitrogens with zero attached hydrogens (tertiary/aromatic N) is 1. The zero-order valence-corrected chi connectivity index (χ0v) is 5.52. The van der Waals surface area contributed by atoms with E-state index in [0.29, 0.717) is 13.0 Å². The molecule has 0 amide bonds. The minimum Gasteiger partial charge on any atom is -0.314 e. The minimum atomic E-state index is -0.565. The van der Waals surface area contributed by atoms with Crippen LogP contribution in [0, 0.1) is 11.3 Å². The van der Waals surface area contributed by atoms with Crippen LogP contribution >= 0.6 is 0 Å². The van der Waals surface area contributed by atoms with E-state index in [1.54, 1.807) is 6.07 Å². The van der Waals surface area contributed by atoms with Gasteiger partial charge in [0.1, 0.15) is 6.17 Å². The van der Waals surface area contributed by atoms with Gasteiger partial charge in [0.15, 0.2) is 0 Å². The number of alkyl halides is 1. The molecule has 52 valence electrons. The lowest BCUT2D eigenvalue weighted by Crippen LogP contribution is -2.08. The fourth-order valence-corrected chi connectivity index (χ4v) is 0.619. The average Bonchev–Trinajstić information content (AvgIpc) is 2.20. The Morgan fingerprint density at radius 1 is 1.78 bits per heavy atom. The second kappa shape index (κ2) is 5.52. The molecular weight excluding hydrogens is 119 g/mol. The quantitative estimate of drug-likeness (QED) is 0.527. The molecule has 3 heteroatoms. The molecule has 0 saturated carbocycles. The summed E-state index contributed by atoms with van der Waals surface area (Å²) < 4.78 is 11.9. The summed E-state index contributed by atoms with van der Waals surface area (Å²) in [6.07, 6.45) is 0.144. The van der Waals surface area contributed by atoms with Crippen molar-refractivity contribution in [2.24, 2.45) is 0 Å².